The van der Waals surface area contributed by atoms with Crippen molar-refractivity contribution in [1.29, 1.82) is 0 Å². The Morgan fingerprint density at radius 1 is 1.20 bits per heavy atom. The molecule has 1 aromatic carbocycles. The van der Waals surface area contributed by atoms with Gasteiger partial charge in [0.2, 0.25) is 0 Å². The fourth-order valence-electron chi connectivity index (χ4n) is 2.92. The van der Waals surface area contributed by atoms with Crippen LogP contribution in [0.4, 0.5) is 0 Å². The summed E-state index contributed by atoms with van der Waals surface area (Å²) in [4.78, 5) is 0.388. The van der Waals surface area contributed by atoms with Crippen LogP contribution in [0.3, 0.4) is 0 Å². The van der Waals surface area contributed by atoms with Crippen molar-refractivity contribution in [3.8, 4) is 0 Å². The molecule has 0 radical (unpaired) electrons. The van der Waals surface area contributed by atoms with Crippen LogP contribution in [0.5, 0.6) is 0 Å². The molecule has 1 aliphatic carbocycles. The molecule has 1 saturated carbocycles. The highest BCUT2D eigenvalue weighted by atomic mass is 32.2. The summed E-state index contributed by atoms with van der Waals surface area (Å²) in [6.45, 7) is 3.17. The van der Waals surface area contributed by atoms with Crippen molar-refractivity contribution < 1.29 is 8.42 Å². The summed E-state index contributed by atoms with van der Waals surface area (Å²) < 4.78 is 22.8. The molecule has 1 fully saturated rings. The zero-order valence-corrected chi connectivity index (χ0v) is 13.2. The molecule has 3 nitrogen and oxygen atoms in total. The third kappa shape index (κ3) is 4.32. The molecule has 1 N–H and O–H groups in total. The van der Waals surface area contributed by atoms with E-state index in [1.54, 1.807) is 12.1 Å². The first-order valence-corrected chi connectivity index (χ1v) is 9.39. The monoisotopic (exact) mass is 295 g/mol. The summed E-state index contributed by atoms with van der Waals surface area (Å²) in [6, 6.07) is 7.47. The van der Waals surface area contributed by atoms with E-state index in [1.165, 1.54) is 38.4 Å². The van der Waals surface area contributed by atoms with Gasteiger partial charge in [-0.2, -0.15) is 0 Å². The highest BCUT2D eigenvalue weighted by molar-refractivity contribution is 7.90. The lowest BCUT2D eigenvalue weighted by molar-refractivity contribution is 0.455. The summed E-state index contributed by atoms with van der Waals surface area (Å²) >= 11 is 0. The van der Waals surface area contributed by atoms with Crippen LogP contribution in [-0.4, -0.2) is 21.2 Å². The SMILES string of the molecule is CC(NCCC1CCCC1)c1ccc(S(C)(=O)=O)cc1. The second kappa shape index (κ2) is 6.72. The number of sulfone groups is 1. The normalized spacial score (nSPS) is 18.3. The molecule has 0 spiro atoms. The Balaban J connectivity index is 1.84. The number of hydrogen-bond donors (Lipinski definition) is 1. The van der Waals surface area contributed by atoms with E-state index in [9.17, 15) is 8.42 Å². The molecule has 0 heterocycles. The Labute approximate surface area is 122 Å². The Bertz CT molecular complexity index is 516. The first-order chi connectivity index (χ1) is 9.47. The van der Waals surface area contributed by atoms with Crippen LogP contribution in [0.1, 0.15) is 50.6 Å². The molecule has 1 aromatic rings. The molecule has 0 saturated heterocycles. The van der Waals surface area contributed by atoms with Gasteiger partial charge in [0.1, 0.15) is 0 Å². The largest absolute Gasteiger partial charge is 0.310 e. The van der Waals surface area contributed by atoms with E-state index in [1.807, 2.05) is 12.1 Å². The molecule has 4 heteroatoms. The number of rotatable bonds is 6. The number of nitrogens with one attached hydrogen (secondary N) is 1. The fraction of sp³-hybridized carbons (Fsp3) is 0.625. The summed E-state index contributed by atoms with van der Waals surface area (Å²) in [5.41, 5.74) is 1.14. The average Bonchev–Trinajstić information content (AvgIpc) is 2.91. The van der Waals surface area contributed by atoms with E-state index >= 15 is 0 Å². The van der Waals surface area contributed by atoms with Gasteiger partial charge in [0.15, 0.2) is 9.84 Å². The predicted octanol–water partition coefficient (Wildman–Crippen LogP) is 3.32. The van der Waals surface area contributed by atoms with Gasteiger partial charge >= 0.3 is 0 Å². The van der Waals surface area contributed by atoms with Gasteiger partial charge in [0.25, 0.3) is 0 Å². The van der Waals surface area contributed by atoms with E-state index in [-0.39, 0.29) is 6.04 Å². The Kier molecular flexibility index (Phi) is 5.22. The molecular weight excluding hydrogens is 270 g/mol. The van der Waals surface area contributed by atoms with E-state index in [2.05, 4.69) is 12.2 Å². The van der Waals surface area contributed by atoms with Crippen molar-refractivity contribution >= 4 is 9.84 Å². The third-order valence-electron chi connectivity index (χ3n) is 4.29. The fourth-order valence-corrected chi connectivity index (χ4v) is 3.56. The van der Waals surface area contributed by atoms with E-state index < -0.39 is 9.84 Å². The van der Waals surface area contributed by atoms with Gasteiger partial charge in [0.05, 0.1) is 4.90 Å². The first kappa shape index (κ1) is 15.5. The third-order valence-corrected chi connectivity index (χ3v) is 5.41. The van der Waals surface area contributed by atoms with E-state index in [0.717, 1.165) is 18.0 Å². The molecule has 0 amide bonds. The van der Waals surface area contributed by atoms with Gasteiger partial charge in [-0.15, -0.1) is 0 Å². The molecule has 0 bridgehead atoms. The molecule has 20 heavy (non-hydrogen) atoms. The lowest BCUT2D eigenvalue weighted by Crippen LogP contribution is -2.21. The maximum absolute atomic E-state index is 11.4. The molecule has 1 unspecified atom stereocenters. The summed E-state index contributed by atoms with van der Waals surface area (Å²) in [5.74, 6) is 0.905. The van der Waals surface area contributed by atoms with Crippen molar-refractivity contribution in [2.24, 2.45) is 5.92 Å². The van der Waals surface area contributed by atoms with Gasteiger partial charge in [-0.05, 0) is 43.5 Å². The quantitative estimate of drug-likeness (QED) is 0.875. The highest BCUT2D eigenvalue weighted by Gasteiger charge is 2.15. The first-order valence-electron chi connectivity index (χ1n) is 7.50. The van der Waals surface area contributed by atoms with Crippen molar-refractivity contribution in [2.75, 3.05) is 12.8 Å². The van der Waals surface area contributed by atoms with Crippen LogP contribution in [0.2, 0.25) is 0 Å². The standard InChI is InChI=1S/C16H25NO2S/c1-13(17-12-11-14-5-3-4-6-14)15-7-9-16(10-8-15)20(2,18)19/h7-10,13-14,17H,3-6,11-12H2,1-2H3. The minimum atomic E-state index is -3.09. The molecule has 112 valence electrons. The molecule has 1 aliphatic rings. The van der Waals surface area contributed by atoms with Gasteiger partial charge < -0.3 is 5.32 Å². The lowest BCUT2D eigenvalue weighted by atomic mass is 10.0. The van der Waals surface area contributed by atoms with Gasteiger partial charge in [-0.1, -0.05) is 37.8 Å². The Hall–Kier alpha value is -0.870. The summed E-state index contributed by atoms with van der Waals surface area (Å²) in [7, 11) is -3.09. The van der Waals surface area contributed by atoms with Crippen LogP contribution in [0.25, 0.3) is 0 Å². The Morgan fingerprint density at radius 3 is 2.35 bits per heavy atom. The van der Waals surface area contributed by atoms with Crippen molar-refractivity contribution in [3.63, 3.8) is 0 Å². The van der Waals surface area contributed by atoms with E-state index in [0.29, 0.717) is 4.90 Å². The molecule has 0 aliphatic heterocycles. The number of hydrogen-bond acceptors (Lipinski definition) is 3. The molecule has 2 rings (SSSR count). The summed E-state index contributed by atoms with van der Waals surface area (Å²) in [5, 5.41) is 3.53. The maximum Gasteiger partial charge on any atom is 0.175 e. The van der Waals surface area contributed by atoms with Crippen LogP contribution in [0, 0.1) is 5.92 Å². The number of benzene rings is 1. The minimum absolute atomic E-state index is 0.269. The minimum Gasteiger partial charge on any atom is -0.310 e. The highest BCUT2D eigenvalue weighted by Crippen LogP contribution is 2.27. The van der Waals surface area contributed by atoms with Crippen LogP contribution >= 0.6 is 0 Å². The smallest absolute Gasteiger partial charge is 0.175 e. The van der Waals surface area contributed by atoms with Crippen molar-refractivity contribution in [3.05, 3.63) is 29.8 Å². The van der Waals surface area contributed by atoms with E-state index in [4.69, 9.17) is 0 Å². The lowest BCUT2D eigenvalue weighted by Gasteiger charge is -2.16. The Morgan fingerprint density at radius 2 is 1.80 bits per heavy atom. The van der Waals surface area contributed by atoms with Gasteiger partial charge in [-0.25, -0.2) is 8.42 Å². The molecule has 1 atom stereocenters. The van der Waals surface area contributed by atoms with Crippen molar-refractivity contribution in [1.82, 2.24) is 5.32 Å². The van der Waals surface area contributed by atoms with Gasteiger partial charge in [-0.3, -0.25) is 0 Å². The zero-order chi connectivity index (χ0) is 14.6. The molecular formula is C16H25NO2S. The van der Waals surface area contributed by atoms with Crippen molar-refractivity contribution in [2.45, 2.75) is 50.0 Å². The van der Waals surface area contributed by atoms with Gasteiger partial charge in [0, 0.05) is 12.3 Å². The van der Waals surface area contributed by atoms with Crippen LogP contribution < -0.4 is 5.32 Å². The predicted molar refractivity (Wildman–Crippen MR) is 82.5 cm³/mol. The van der Waals surface area contributed by atoms with Crippen LogP contribution in [0.15, 0.2) is 29.2 Å². The topological polar surface area (TPSA) is 46.2 Å². The summed E-state index contributed by atoms with van der Waals surface area (Å²) in [6.07, 6.45) is 8.07. The maximum atomic E-state index is 11.4. The average molecular weight is 295 g/mol. The molecule has 0 aromatic heterocycles. The zero-order valence-electron chi connectivity index (χ0n) is 12.4. The van der Waals surface area contributed by atoms with Crippen LogP contribution in [-0.2, 0) is 9.84 Å². The second-order valence-electron chi connectivity index (χ2n) is 5.96. The second-order valence-corrected chi connectivity index (χ2v) is 7.97.